The van der Waals surface area contributed by atoms with Crippen LogP contribution in [-0.2, 0) is 19.4 Å². The van der Waals surface area contributed by atoms with Crippen molar-refractivity contribution in [2.75, 3.05) is 7.11 Å². The van der Waals surface area contributed by atoms with Gasteiger partial charge in [0.05, 0.1) is 13.2 Å². The Kier molecular flexibility index (Phi) is 5.33. The molecule has 5 nitrogen and oxygen atoms in total. The first-order valence-electron chi connectivity index (χ1n) is 7.26. The van der Waals surface area contributed by atoms with Gasteiger partial charge in [-0.2, -0.15) is 5.10 Å². The lowest BCUT2D eigenvalue weighted by Gasteiger charge is -2.13. The number of rotatable bonds is 7. The van der Waals surface area contributed by atoms with Gasteiger partial charge in [0.15, 0.2) is 0 Å². The molecule has 114 valence electrons. The molecule has 0 bridgehead atoms. The quantitative estimate of drug-likeness (QED) is 0.848. The van der Waals surface area contributed by atoms with Gasteiger partial charge in [0.1, 0.15) is 17.9 Å². The molecule has 0 saturated heterocycles. The van der Waals surface area contributed by atoms with E-state index in [4.69, 9.17) is 4.74 Å². The molecule has 5 heteroatoms. The van der Waals surface area contributed by atoms with Crippen molar-refractivity contribution in [3.8, 4) is 5.75 Å². The second kappa shape index (κ2) is 7.22. The van der Waals surface area contributed by atoms with Crippen LogP contribution in [0.2, 0.25) is 0 Å². The van der Waals surface area contributed by atoms with Crippen molar-refractivity contribution < 1.29 is 9.84 Å². The Bertz CT molecular complexity index is 549. The van der Waals surface area contributed by atoms with E-state index in [0.29, 0.717) is 18.8 Å². The van der Waals surface area contributed by atoms with Crippen LogP contribution in [-0.4, -0.2) is 33.1 Å². The van der Waals surface area contributed by atoms with Gasteiger partial charge in [-0.05, 0) is 30.0 Å². The molecule has 2 aromatic rings. The Morgan fingerprint density at radius 3 is 2.52 bits per heavy atom. The van der Waals surface area contributed by atoms with Crippen molar-refractivity contribution in [2.24, 2.45) is 5.92 Å². The van der Waals surface area contributed by atoms with Crippen molar-refractivity contribution in [1.82, 2.24) is 14.8 Å². The monoisotopic (exact) mass is 289 g/mol. The van der Waals surface area contributed by atoms with E-state index in [9.17, 15) is 5.11 Å². The average Bonchev–Trinajstić information content (AvgIpc) is 2.86. The lowest BCUT2D eigenvalue weighted by molar-refractivity contribution is 0.170. The number of hydrogen-bond donors (Lipinski definition) is 1. The smallest absolute Gasteiger partial charge is 0.138 e. The normalized spacial score (nSPS) is 12.6. The molecule has 1 aromatic heterocycles. The fourth-order valence-electron chi connectivity index (χ4n) is 2.26. The summed E-state index contributed by atoms with van der Waals surface area (Å²) in [4.78, 5) is 4.25. The number of benzene rings is 1. The van der Waals surface area contributed by atoms with Gasteiger partial charge >= 0.3 is 0 Å². The fourth-order valence-corrected chi connectivity index (χ4v) is 2.26. The first-order valence-corrected chi connectivity index (χ1v) is 7.26. The van der Waals surface area contributed by atoms with Crippen LogP contribution in [0.25, 0.3) is 0 Å². The highest BCUT2D eigenvalue weighted by Crippen LogP contribution is 2.14. The van der Waals surface area contributed by atoms with Crippen LogP contribution in [0.1, 0.15) is 25.2 Å². The van der Waals surface area contributed by atoms with E-state index in [1.165, 1.54) is 0 Å². The summed E-state index contributed by atoms with van der Waals surface area (Å²) in [5, 5.41) is 14.5. The van der Waals surface area contributed by atoms with Crippen LogP contribution in [0, 0.1) is 5.92 Å². The minimum absolute atomic E-state index is 0.464. The van der Waals surface area contributed by atoms with Crippen LogP contribution in [0.5, 0.6) is 5.75 Å². The molecule has 0 radical (unpaired) electrons. The predicted octanol–water partition coefficient (Wildman–Crippen LogP) is 2.09. The standard InChI is InChI=1S/C16H23N3O2/c1-12(2)10-19-16(17-11-18-19)9-14(20)8-13-4-6-15(21-3)7-5-13/h4-7,11-12,14,20H,8-10H2,1-3H3. The Balaban J connectivity index is 1.94. The zero-order valence-electron chi connectivity index (χ0n) is 12.9. The molecular formula is C16H23N3O2. The molecule has 1 N–H and O–H groups in total. The molecule has 0 fully saturated rings. The number of hydrogen-bond acceptors (Lipinski definition) is 4. The van der Waals surface area contributed by atoms with E-state index >= 15 is 0 Å². The van der Waals surface area contributed by atoms with Gasteiger partial charge in [0.25, 0.3) is 0 Å². The van der Waals surface area contributed by atoms with Gasteiger partial charge < -0.3 is 9.84 Å². The second-order valence-electron chi connectivity index (χ2n) is 5.66. The number of methoxy groups -OCH3 is 1. The SMILES string of the molecule is COc1ccc(CC(O)Cc2ncnn2CC(C)C)cc1. The maximum Gasteiger partial charge on any atom is 0.138 e. The summed E-state index contributed by atoms with van der Waals surface area (Å²) in [6.07, 6.45) is 2.20. The molecular weight excluding hydrogens is 266 g/mol. The molecule has 1 aromatic carbocycles. The highest BCUT2D eigenvalue weighted by molar-refractivity contribution is 5.27. The Morgan fingerprint density at radius 2 is 1.90 bits per heavy atom. The van der Waals surface area contributed by atoms with Crippen LogP contribution in [0.3, 0.4) is 0 Å². The molecule has 1 atom stereocenters. The zero-order valence-corrected chi connectivity index (χ0v) is 12.9. The van der Waals surface area contributed by atoms with Gasteiger partial charge in [-0.25, -0.2) is 9.67 Å². The number of aromatic nitrogens is 3. The molecule has 2 rings (SSSR count). The molecule has 1 heterocycles. The summed E-state index contributed by atoms with van der Waals surface area (Å²) in [5.74, 6) is 2.17. The zero-order chi connectivity index (χ0) is 15.2. The topological polar surface area (TPSA) is 60.2 Å². The van der Waals surface area contributed by atoms with Gasteiger partial charge in [-0.3, -0.25) is 0 Å². The van der Waals surface area contributed by atoms with Crippen molar-refractivity contribution >= 4 is 0 Å². The Morgan fingerprint density at radius 1 is 1.19 bits per heavy atom. The van der Waals surface area contributed by atoms with Gasteiger partial charge in [0, 0.05) is 13.0 Å². The largest absolute Gasteiger partial charge is 0.497 e. The molecule has 0 spiro atoms. The highest BCUT2D eigenvalue weighted by atomic mass is 16.5. The van der Waals surface area contributed by atoms with Gasteiger partial charge in [-0.15, -0.1) is 0 Å². The van der Waals surface area contributed by atoms with Crippen LogP contribution >= 0.6 is 0 Å². The van der Waals surface area contributed by atoms with E-state index < -0.39 is 6.10 Å². The third-order valence-electron chi connectivity index (χ3n) is 3.28. The maximum absolute atomic E-state index is 10.2. The fraction of sp³-hybridized carbons (Fsp3) is 0.500. The van der Waals surface area contributed by atoms with E-state index in [2.05, 4.69) is 23.9 Å². The van der Waals surface area contributed by atoms with E-state index in [-0.39, 0.29) is 0 Å². The third kappa shape index (κ3) is 4.56. The molecule has 21 heavy (non-hydrogen) atoms. The van der Waals surface area contributed by atoms with Crippen molar-refractivity contribution in [2.45, 2.75) is 39.3 Å². The Hall–Kier alpha value is -1.88. The summed E-state index contributed by atoms with van der Waals surface area (Å²) in [7, 11) is 1.64. The Labute approximate surface area is 125 Å². The summed E-state index contributed by atoms with van der Waals surface area (Å²) in [6.45, 7) is 5.10. The number of aliphatic hydroxyl groups excluding tert-OH is 1. The van der Waals surface area contributed by atoms with Crippen molar-refractivity contribution in [3.63, 3.8) is 0 Å². The van der Waals surface area contributed by atoms with Gasteiger partial charge in [-0.1, -0.05) is 26.0 Å². The van der Waals surface area contributed by atoms with E-state index in [1.807, 2.05) is 28.9 Å². The number of ether oxygens (including phenoxy) is 1. The summed E-state index contributed by atoms with van der Waals surface area (Å²) in [5.41, 5.74) is 1.08. The van der Waals surface area contributed by atoms with Gasteiger partial charge in [0.2, 0.25) is 0 Å². The van der Waals surface area contributed by atoms with E-state index in [1.54, 1.807) is 13.4 Å². The molecule has 0 aliphatic rings. The predicted molar refractivity (Wildman–Crippen MR) is 81.3 cm³/mol. The summed E-state index contributed by atoms with van der Waals surface area (Å²) < 4.78 is 7.00. The first kappa shape index (κ1) is 15.5. The average molecular weight is 289 g/mol. The lowest BCUT2D eigenvalue weighted by Crippen LogP contribution is -2.19. The van der Waals surface area contributed by atoms with Crippen molar-refractivity contribution in [1.29, 1.82) is 0 Å². The maximum atomic E-state index is 10.2. The first-order chi connectivity index (χ1) is 10.1. The third-order valence-corrected chi connectivity index (χ3v) is 3.28. The lowest BCUT2D eigenvalue weighted by atomic mass is 10.1. The van der Waals surface area contributed by atoms with Crippen LogP contribution < -0.4 is 4.74 Å². The summed E-state index contributed by atoms with van der Waals surface area (Å²) >= 11 is 0. The minimum Gasteiger partial charge on any atom is -0.497 e. The molecule has 0 aliphatic carbocycles. The van der Waals surface area contributed by atoms with Crippen LogP contribution in [0.4, 0.5) is 0 Å². The molecule has 1 unspecified atom stereocenters. The van der Waals surface area contributed by atoms with E-state index in [0.717, 1.165) is 23.7 Å². The second-order valence-corrected chi connectivity index (χ2v) is 5.66. The molecule has 0 aliphatic heterocycles. The number of aliphatic hydroxyl groups is 1. The summed E-state index contributed by atoms with van der Waals surface area (Å²) in [6, 6.07) is 7.76. The highest BCUT2D eigenvalue weighted by Gasteiger charge is 2.13. The molecule has 0 saturated carbocycles. The molecule has 0 amide bonds. The van der Waals surface area contributed by atoms with Crippen LogP contribution in [0.15, 0.2) is 30.6 Å². The minimum atomic E-state index is -0.464. The van der Waals surface area contributed by atoms with Crippen molar-refractivity contribution in [3.05, 3.63) is 42.0 Å². The number of nitrogens with zero attached hydrogens (tertiary/aromatic N) is 3.